The number of aromatic nitrogens is 3. The number of hydrogen-bond acceptors (Lipinski definition) is 3. The van der Waals surface area contributed by atoms with Gasteiger partial charge in [0.15, 0.2) is 0 Å². The van der Waals surface area contributed by atoms with Crippen molar-refractivity contribution >= 4 is 16.9 Å². The van der Waals surface area contributed by atoms with Gasteiger partial charge >= 0.3 is 0 Å². The van der Waals surface area contributed by atoms with Crippen LogP contribution in [0.4, 0.5) is 0 Å². The number of benzene rings is 1. The minimum Gasteiger partial charge on any atom is -0.333 e. The number of imidazole rings is 1. The first kappa shape index (κ1) is 15.6. The van der Waals surface area contributed by atoms with Crippen LogP contribution in [0.5, 0.6) is 0 Å². The number of nitrogens with zero attached hydrogens (tertiary/aromatic N) is 4. The Hall–Kier alpha value is -2.69. The van der Waals surface area contributed by atoms with Crippen LogP contribution in [-0.2, 0) is 11.3 Å². The quantitative estimate of drug-likeness (QED) is 0.724. The molecule has 5 heteroatoms. The lowest BCUT2D eigenvalue weighted by molar-refractivity contribution is -0.132. The summed E-state index contributed by atoms with van der Waals surface area (Å²) in [6.45, 7) is 1.18. The van der Waals surface area contributed by atoms with E-state index in [0.29, 0.717) is 12.5 Å². The number of para-hydroxylation sites is 2. The molecule has 1 saturated carbocycles. The highest BCUT2D eigenvalue weighted by molar-refractivity contribution is 5.81. The molecule has 5 rings (SSSR count). The normalized spacial score (nSPS) is 20.0. The number of carbonyl (C=O) groups excluding carboxylic acids is 1. The van der Waals surface area contributed by atoms with E-state index in [1.165, 1.54) is 12.8 Å². The van der Waals surface area contributed by atoms with Gasteiger partial charge < -0.3 is 9.47 Å². The fraction of sp³-hybridized carbons (Fsp3) is 0.381. The van der Waals surface area contributed by atoms with E-state index in [4.69, 9.17) is 4.98 Å². The molecule has 26 heavy (non-hydrogen) atoms. The van der Waals surface area contributed by atoms with Gasteiger partial charge in [-0.05, 0) is 49.9 Å². The van der Waals surface area contributed by atoms with Crippen molar-refractivity contribution in [3.05, 3.63) is 60.2 Å². The van der Waals surface area contributed by atoms with Gasteiger partial charge in [-0.1, -0.05) is 18.2 Å². The van der Waals surface area contributed by atoms with Crippen LogP contribution in [0.25, 0.3) is 11.0 Å². The molecular formula is C21H22N4O. The Bertz CT molecular complexity index is 945. The summed E-state index contributed by atoms with van der Waals surface area (Å²) in [6.07, 6.45) is 6.19. The summed E-state index contributed by atoms with van der Waals surface area (Å²) >= 11 is 0. The molecule has 3 heterocycles. The molecule has 1 saturated heterocycles. The van der Waals surface area contributed by atoms with Crippen LogP contribution in [0.2, 0.25) is 0 Å². The molecule has 3 aromatic rings. The van der Waals surface area contributed by atoms with Crippen molar-refractivity contribution in [3.63, 3.8) is 0 Å². The molecule has 1 amide bonds. The van der Waals surface area contributed by atoms with Crippen LogP contribution in [-0.4, -0.2) is 31.9 Å². The standard InChI is InChI=1S/C21H22N4O/c26-20(24-13-5-9-18(24)16-6-3-4-12-22-16)14-25-19-8-2-1-7-17(19)23-21(25)15-10-11-15/h1-4,6-8,12,15,18H,5,9-11,13-14H2/t18-/m1/s1. The summed E-state index contributed by atoms with van der Waals surface area (Å²) < 4.78 is 2.14. The molecule has 2 aromatic heterocycles. The first-order valence-corrected chi connectivity index (χ1v) is 9.47. The van der Waals surface area contributed by atoms with Crippen molar-refractivity contribution in [2.24, 2.45) is 0 Å². The predicted octanol–water partition coefficient (Wildman–Crippen LogP) is 3.67. The third kappa shape index (κ3) is 2.68. The van der Waals surface area contributed by atoms with Crippen molar-refractivity contribution in [2.75, 3.05) is 6.54 Å². The maximum atomic E-state index is 13.2. The Morgan fingerprint density at radius 1 is 1.08 bits per heavy atom. The molecule has 0 radical (unpaired) electrons. The molecule has 0 spiro atoms. The minimum absolute atomic E-state index is 0.0999. The van der Waals surface area contributed by atoms with Gasteiger partial charge in [-0.25, -0.2) is 4.98 Å². The van der Waals surface area contributed by atoms with Crippen molar-refractivity contribution in [1.82, 2.24) is 19.4 Å². The first-order valence-electron chi connectivity index (χ1n) is 9.47. The number of rotatable bonds is 4. The van der Waals surface area contributed by atoms with Crippen molar-refractivity contribution in [2.45, 2.75) is 44.2 Å². The van der Waals surface area contributed by atoms with Gasteiger partial charge in [0, 0.05) is 18.7 Å². The Balaban J connectivity index is 1.45. The van der Waals surface area contributed by atoms with E-state index in [0.717, 1.165) is 41.9 Å². The lowest BCUT2D eigenvalue weighted by atomic mass is 10.1. The highest BCUT2D eigenvalue weighted by atomic mass is 16.2. The van der Waals surface area contributed by atoms with Crippen molar-refractivity contribution < 1.29 is 4.79 Å². The van der Waals surface area contributed by atoms with Crippen molar-refractivity contribution in [1.29, 1.82) is 0 Å². The largest absolute Gasteiger partial charge is 0.333 e. The second-order valence-electron chi connectivity index (χ2n) is 7.32. The molecule has 0 bridgehead atoms. The third-order valence-corrected chi connectivity index (χ3v) is 5.52. The summed E-state index contributed by atoms with van der Waals surface area (Å²) in [7, 11) is 0. The fourth-order valence-corrected chi connectivity index (χ4v) is 4.09. The monoisotopic (exact) mass is 346 g/mol. The lowest BCUT2D eigenvalue weighted by Crippen LogP contribution is -2.34. The van der Waals surface area contributed by atoms with Gasteiger partial charge in [0.25, 0.3) is 0 Å². The van der Waals surface area contributed by atoms with Crippen LogP contribution >= 0.6 is 0 Å². The predicted molar refractivity (Wildman–Crippen MR) is 99.6 cm³/mol. The average Bonchev–Trinajstić information content (AvgIpc) is 3.29. The van der Waals surface area contributed by atoms with Gasteiger partial charge in [-0.2, -0.15) is 0 Å². The second-order valence-corrected chi connectivity index (χ2v) is 7.32. The molecule has 1 aliphatic carbocycles. The van der Waals surface area contributed by atoms with E-state index in [-0.39, 0.29) is 11.9 Å². The van der Waals surface area contributed by atoms with E-state index >= 15 is 0 Å². The SMILES string of the molecule is O=C(Cn1c(C2CC2)nc2ccccc21)N1CCC[C@@H]1c1ccccn1. The molecule has 1 aromatic carbocycles. The highest BCUT2D eigenvalue weighted by Crippen LogP contribution is 2.41. The smallest absolute Gasteiger partial charge is 0.243 e. The van der Waals surface area contributed by atoms with E-state index < -0.39 is 0 Å². The topological polar surface area (TPSA) is 51.0 Å². The molecule has 1 aliphatic heterocycles. The molecule has 5 nitrogen and oxygen atoms in total. The third-order valence-electron chi connectivity index (χ3n) is 5.52. The van der Waals surface area contributed by atoms with Crippen LogP contribution in [0.15, 0.2) is 48.7 Å². The van der Waals surface area contributed by atoms with E-state index in [2.05, 4.69) is 15.6 Å². The van der Waals surface area contributed by atoms with Crippen LogP contribution in [0.1, 0.15) is 49.2 Å². The summed E-state index contributed by atoms with van der Waals surface area (Å²) in [4.78, 5) is 24.5. The van der Waals surface area contributed by atoms with Gasteiger partial charge in [-0.15, -0.1) is 0 Å². The van der Waals surface area contributed by atoms with Crippen LogP contribution < -0.4 is 0 Å². The van der Waals surface area contributed by atoms with Gasteiger partial charge in [0.05, 0.1) is 22.8 Å². The van der Waals surface area contributed by atoms with Crippen LogP contribution in [0.3, 0.4) is 0 Å². The maximum absolute atomic E-state index is 13.2. The number of amides is 1. The number of carbonyl (C=O) groups is 1. The molecule has 132 valence electrons. The average molecular weight is 346 g/mol. The molecule has 1 atom stereocenters. The lowest BCUT2D eigenvalue weighted by Gasteiger charge is -2.25. The number of pyridine rings is 1. The summed E-state index contributed by atoms with van der Waals surface area (Å²) in [5.41, 5.74) is 3.05. The number of hydrogen-bond donors (Lipinski definition) is 0. The zero-order valence-corrected chi connectivity index (χ0v) is 14.7. The Morgan fingerprint density at radius 2 is 1.92 bits per heavy atom. The molecular weight excluding hydrogens is 324 g/mol. The zero-order chi connectivity index (χ0) is 17.5. The summed E-state index contributed by atoms with van der Waals surface area (Å²) in [5, 5.41) is 0. The summed E-state index contributed by atoms with van der Waals surface area (Å²) in [5.74, 6) is 1.76. The van der Waals surface area contributed by atoms with Crippen molar-refractivity contribution in [3.8, 4) is 0 Å². The van der Waals surface area contributed by atoms with Gasteiger partial charge in [0.2, 0.25) is 5.91 Å². The highest BCUT2D eigenvalue weighted by Gasteiger charge is 2.33. The first-order chi connectivity index (χ1) is 12.8. The van der Waals surface area contributed by atoms with Crippen LogP contribution in [0, 0.1) is 0 Å². The minimum atomic E-state index is 0.0999. The Labute approximate surface area is 152 Å². The number of likely N-dealkylation sites (tertiary alicyclic amines) is 1. The number of fused-ring (bicyclic) bond motifs is 1. The van der Waals surface area contributed by atoms with Gasteiger partial charge in [0.1, 0.15) is 12.4 Å². The second kappa shape index (κ2) is 6.24. The Morgan fingerprint density at radius 3 is 2.73 bits per heavy atom. The molecule has 2 fully saturated rings. The molecule has 2 aliphatic rings. The molecule has 0 N–H and O–H groups in total. The van der Waals surface area contributed by atoms with E-state index in [1.807, 2.05) is 47.5 Å². The Kier molecular flexibility index (Phi) is 3.73. The fourth-order valence-electron chi connectivity index (χ4n) is 4.09. The van der Waals surface area contributed by atoms with Gasteiger partial charge in [-0.3, -0.25) is 9.78 Å². The zero-order valence-electron chi connectivity index (χ0n) is 14.7. The van der Waals surface area contributed by atoms with E-state index in [9.17, 15) is 4.79 Å². The summed E-state index contributed by atoms with van der Waals surface area (Å²) in [6, 6.07) is 14.2. The maximum Gasteiger partial charge on any atom is 0.243 e. The molecule has 0 unspecified atom stereocenters. The van der Waals surface area contributed by atoms with E-state index in [1.54, 1.807) is 0 Å².